The van der Waals surface area contributed by atoms with Gasteiger partial charge in [0.15, 0.2) is 5.65 Å². The average molecular weight is 539 g/mol. The van der Waals surface area contributed by atoms with Gasteiger partial charge in [0.2, 0.25) is 0 Å². The van der Waals surface area contributed by atoms with E-state index in [1.165, 1.54) is 0 Å². The maximum atomic E-state index is 13.3. The number of hydrogen-bond acceptors (Lipinski definition) is 7. The summed E-state index contributed by atoms with van der Waals surface area (Å²) in [5.41, 5.74) is 0.460. The zero-order valence-electron chi connectivity index (χ0n) is 24.0. The van der Waals surface area contributed by atoms with E-state index in [-0.39, 0.29) is 6.09 Å². The Kier molecular flexibility index (Phi) is 10.1. The van der Waals surface area contributed by atoms with Gasteiger partial charge >= 0.3 is 12.2 Å². The number of fused-ring (bicyclic) bond motifs is 1. The maximum Gasteiger partial charge on any atom is 0.416 e. The number of benzene rings is 1. The quantitative estimate of drug-likeness (QED) is 0.281. The van der Waals surface area contributed by atoms with Crippen molar-refractivity contribution in [1.82, 2.24) is 19.9 Å². The normalized spacial score (nSPS) is 11.7. The fourth-order valence-electron chi connectivity index (χ4n) is 3.83. The van der Waals surface area contributed by atoms with E-state index < -0.39 is 17.3 Å². The van der Waals surface area contributed by atoms with Crippen LogP contribution in [-0.2, 0) is 16.0 Å². The molecule has 2 N–H and O–H groups in total. The molecule has 3 rings (SSSR count). The highest BCUT2D eigenvalue weighted by molar-refractivity contribution is 5.87. The Morgan fingerprint density at radius 2 is 1.56 bits per heavy atom. The molecule has 10 nitrogen and oxygen atoms in total. The van der Waals surface area contributed by atoms with Crippen LogP contribution < -0.4 is 15.5 Å². The summed E-state index contributed by atoms with van der Waals surface area (Å²) in [5, 5.41) is 10.6. The molecule has 2 heterocycles. The van der Waals surface area contributed by atoms with Gasteiger partial charge in [-0.05, 0) is 59.9 Å². The second-order valence-corrected chi connectivity index (χ2v) is 11.4. The predicted octanol–water partition coefficient (Wildman–Crippen LogP) is 6.17. The largest absolute Gasteiger partial charge is 0.444 e. The molecule has 0 aliphatic rings. The predicted molar refractivity (Wildman–Crippen MR) is 153 cm³/mol. The van der Waals surface area contributed by atoms with Gasteiger partial charge in [-0.1, -0.05) is 43.2 Å². The molecule has 2 aromatic heterocycles. The van der Waals surface area contributed by atoms with E-state index in [4.69, 9.17) is 9.47 Å². The molecule has 0 saturated carbocycles. The van der Waals surface area contributed by atoms with Gasteiger partial charge in [0.1, 0.15) is 22.8 Å². The minimum atomic E-state index is -0.647. The van der Waals surface area contributed by atoms with Crippen molar-refractivity contribution in [2.45, 2.75) is 85.0 Å². The number of carbonyl (C=O) groups is 2. The molecule has 0 unspecified atom stereocenters. The number of alkyl carbamates (subject to hydrolysis) is 1. The Balaban J connectivity index is 1.61. The Bertz CT molecular complexity index is 1210. The molecule has 2 amide bonds. The molecule has 0 aliphatic carbocycles. The SMILES string of the molecule is CC(C)(C)OC(=O)NCCCCCCNc1cc(N(Cc2ccccc2)C(=O)OC(C)(C)C)n2nccc2n1. The summed E-state index contributed by atoms with van der Waals surface area (Å²) in [6.45, 7) is 12.7. The van der Waals surface area contributed by atoms with Crippen LogP contribution in [0.5, 0.6) is 0 Å². The van der Waals surface area contributed by atoms with Crippen LogP contribution in [-0.4, -0.2) is 51.1 Å². The molecule has 0 bridgehead atoms. The van der Waals surface area contributed by atoms with E-state index in [1.807, 2.05) is 84.0 Å². The second-order valence-electron chi connectivity index (χ2n) is 11.4. The summed E-state index contributed by atoms with van der Waals surface area (Å²) in [5.74, 6) is 1.23. The van der Waals surface area contributed by atoms with Gasteiger partial charge in [-0.3, -0.25) is 4.90 Å². The molecule has 10 heteroatoms. The van der Waals surface area contributed by atoms with Crippen LogP contribution in [0.25, 0.3) is 5.65 Å². The first kappa shape index (κ1) is 29.7. The van der Waals surface area contributed by atoms with Gasteiger partial charge < -0.3 is 20.1 Å². The third kappa shape index (κ3) is 10.1. The molecule has 0 radical (unpaired) electrons. The van der Waals surface area contributed by atoms with Gasteiger partial charge in [0, 0.05) is 25.2 Å². The first-order chi connectivity index (χ1) is 18.4. The highest BCUT2D eigenvalue weighted by Gasteiger charge is 2.26. The molecule has 39 heavy (non-hydrogen) atoms. The fraction of sp³-hybridized carbons (Fsp3) is 0.517. The molecule has 0 fully saturated rings. The molecular formula is C29H42N6O4. The summed E-state index contributed by atoms with van der Waals surface area (Å²) in [6.07, 6.45) is 4.64. The Hall–Kier alpha value is -3.82. The Labute approximate surface area is 231 Å². The molecule has 0 atom stereocenters. The van der Waals surface area contributed by atoms with E-state index in [1.54, 1.807) is 15.6 Å². The van der Waals surface area contributed by atoms with Crippen molar-refractivity contribution < 1.29 is 19.1 Å². The number of aromatic nitrogens is 3. The monoisotopic (exact) mass is 538 g/mol. The lowest BCUT2D eigenvalue weighted by molar-refractivity contribution is 0.0524. The number of unbranched alkanes of at least 4 members (excludes halogenated alkanes) is 3. The second kappa shape index (κ2) is 13.3. The van der Waals surface area contributed by atoms with Crippen molar-refractivity contribution >= 4 is 29.5 Å². The number of rotatable bonds is 11. The number of amides is 2. The lowest BCUT2D eigenvalue weighted by atomic mass is 10.2. The summed E-state index contributed by atoms with van der Waals surface area (Å²) in [6, 6.07) is 13.4. The Morgan fingerprint density at radius 3 is 2.23 bits per heavy atom. The van der Waals surface area contributed by atoms with Crippen molar-refractivity contribution in [3.05, 3.63) is 54.2 Å². The molecule has 0 spiro atoms. The van der Waals surface area contributed by atoms with E-state index in [0.29, 0.717) is 30.4 Å². The zero-order valence-corrected chi connectivity index (χ0v) is 24.0. The number of carbonyl (C=O) groups excluding carboxylic acids is 2. The van der Waals surface area contributed by atoms with Gasteiger partial charge in [0.25, 0.3) is 0 Å². The number of anilines is 2. The highest BCUT2D eigenvalue weighted by atomic mass is 16.6. The van der Waals surface area contributed by atoms with Crippen LogP contribution in [0.4, 0.5) is 21.2 Å². The molecule has 0 saturated heterocycles. The van der Waals surface area contributed by atoms with Crippen molar-refractivity contribution in [1.29, 1.82) is 0 Å². The topological polar surface area (TPSA) is 110 Å². The summed E-state index contributed by atoms with van der Waals surface area (Å²) in [4.78, 5) is 31.3. The molecule has 0 aliphatic heterocycles. The van der Waals surface area contributed by atoms with Gasteiger partial charge in [0.05, 0.1) is 12.7 Å². The summed E-state index contributed by atoms with van der Waals surface area (Å²) in [7, 11) is 0. The van der Waals surface area contributed by atoms with Gasteiger partial charge in [-0.15, -0.1) is 0 Å². The number of ether oxygens (including phenoxy) is 2. The standard InChI is InChI=1S/C29H42N6O4/c1-28(2,3)38-26(36)31-18-13-8-7-12-17-30-23-20-25(35-24(33-23)16-19-32-35)34(27(37)39-29(4,5)6)21-22-14-10-9-11-15-22/h9-11,14-16,19-20H,7-8,12-13,17-18,21H2,1-6H3,(H,30,33)(H,31,36). The smallest absolute Gasteiger partial charge is 0.416 e. The minimum absolute atomic E-state index is 0.325. The van der Waals surface area contributed by atoms with Crippen molar-refractivity contribution in [2.75, 3.05) is 23.3 Å². The fourth-order valence-corrected chi connectivity index (χ4v) is 3.83. The first-order valence-corrected chi connectivity index (χ1v) is 13.5. The number of hydrogen-bond donors (Lipinski definition) is 2. The number of nitrogens with one attached hydrogen (secondary N) is 2. The molecular weight excluding hydrogens is 496 g/mol. The van der Waals surface area contributed by atoms with Gasteiger partial charge in [-0.2, -0.15) is 9.61 Å². The van der Waals surface area contributed by atoms with E-state index in [9.17, 15) is 9.59 Å². The van der Waals surface area contributed by atoms with E-state index >= 15 is 0 Å². The maximum absolute atomic E-state index is 13.3. The minimum Gasteiger partial charge on any atom is -0.444 e. The molecule has 3 aromatic rings. The van der Waals surface area contributed by atoms with Crippen LogP contribution in [0.3, 0.4) is 0 Å². The van der Waals surface area contributed by atoms with Crippen molar-refractivity contribution in [2.24, 2.45) is 0 Å². The summed E-state index contributed by atoms with van der Waals surface area (Å²) < 4.78 is 12.6. The van der Waals surface area contributed by atoms with Crippen molar-refractivity contribution in [3.8, 4) is 0 Å². The molecule has 212 valence electrons. The van der Waals surface area contributed by atoms with Crippen LogP contribution in [0.2, 0.25) is 0 Å². The molecule has 1 aromatic carbocycles. The average Bonchev–Trinajstić information content (AvgIpc) is 3.31. The van der Waals surface area contributed by atoms with E-state index in [2.05, 4.69) is 20.7 Å². The van der Waals surface area contributed by atoms with Gasteiger partial charge in [-0.25, -0.2) is 14.6 Å². The van der Waals surface area contributed by atoms with Crippen molar-refractivity contribution in [3.63, 3.8) is 0 Å². The summed E-state index contributed by atoms with van der Waals surface area (Å²) >= 11 is 0. The van der Waals surface area contributed by atoms with E-state index in [0.717, 1.165) is 37.8 Å². The third-order valence-corrected chi connectivity index (χ3v) is 5.49. The van der Waals surface area contributed by atoms with Crippen LogP contribution in [0.15, 0.2) is 48.7 Å². The first-order valence-electron chi connectivity index (χ1n) is 13.5. The van der Waals surface area contributed by atoms with Crippen LogP contribution in [0, 0.1) is 0 Å². The lowest BCUT2D eigenvalue weighted by Crippen LogP contribution is -2.37. The highest BCUT2D eigenvalue weighted by Crippen LogP contribution is 2.24. The third-order valence-electron chi connectivity index (χ3n) is 5.49. The number of nitrogens with zero attached hydrogens (tertiary/aromatic N) is 4. The zero-order chi connectivity index (χ0) is 28.5. The Morgan fingerprint density at radius 1 is 0.897 bits per heavy atom. The van der Waals surface area contributed by atoms with Crippen LogP contribution in [0.1, 0.15) is 72.8 Å². The van der Waals surface area contributed by atoms with Crippen LogP contribution >= 0.6 is 0 Å². The lowest BCUT2D eigenvalue weighted by Gasteiger charge is -2.28.